The minimum absolute atomic E-state index is 0.152. The molecule has 0 bridgehead atoms. The second-order valence-electron chi connectivity index (χ2n) is 5.02. The lowest BCUT2D eigenvalue weighted by molar-refractivity contribution is 0.515. The van der Waals surface area contributed by atoms with Gasteiger partial charge >= 0.3 is 0 Å². The first-order valence-corrected chi connectivity index (χ1v) is 7.09. The number of nitrogens with zero attached hydrogens (tertiary/aromatic N) is 1. The highest BCUT2D eigenvalue weighted by Gasteiger charge is 2.26. The van der Waals surface area contributed by atoms with Gasteiger partial charge in [-0.15, -0.1) is 0 Å². The summed E-state index contributed by atoms with van der Waals surface area (Å²) in [6.07, 6.45) is 2.11. The fourth-order valence-corrected chi connectivity index (χ4v) is 2.84. The molecule has 0 aromatic heterocycles. The highest BCUT2D eigenvalue weighted by Crippen LogP contribution is 2.33. The largest absolute Gasteiger partial charge is 0.368 e. The van der Waals surface area contributed by atoms with Gasteiger partial charge in [-0.3, -0.25) is 0 Å². The first kappa shape index (κ1) is 14.5. The minimum atomic E-state index is -0.633. The third-order valence-electron chi connectivity index (χ3n) is 3.44. The Hall–Kier alpha value is -0.870. The lowest BCUT2D eigenvalue weighted by Gasteiger charge is -2.21. The molecule has 2 rings (SSSR count). The lowest BCUT2D eigenvalue weighted by atomic mass is 10.1. The van der Waals surface area contributed by atoms with Crippen molar-refractivity contribution in [2.75, 3.05) is 31.1 Å². The van der Waals surface area contributed by atoms with Crippen molar-refractivity contribution in [1.82, 2.24) is 5.32 Å². The van der Waals surface area contributed by atoms with Crippen LogP contribution in [0.25, 0.3) is 0 Å². The second-order valence-corrected chi connectivity index (χ2v) is 5.43. The van der Waals surface area contributed by atoms with Crippen LogP contribution < -0.4 is 10.2 Å². The number of hydrogen-bond donors (Lipinski definition) is 1. The van der Waals surface area contributed by atoms with E-state index in [2.05, 4.69) is 12.2 Å². The molecule has 1 saturated heterocycles. The van der Waals surface area contributed by atoms with Crippen LogP contribution in [0, 0.1) is 17.6 Å². The molecule has 0 radical (unpaired) electrons. The standard InChI is InChI=1S/C14H19ClF2N2/c1-2-4-18-8-10-3-5-19(9-10)14-12(15)6-11(16)7-13(14)17/h6-7,10,18H,2-5,8-9H2,1H3. The van der Waals surface area contributed by atoms with E-state index in [1.165, 1.54) is 6.07 Å². The molecule has 1 atom stereocenters. The molecular formula is C14H19ClF2N2. The summed E-state index contributed by atoms with van der Waals surface area (Å²) in [7, 11) is 0. The number of benzene rings is 1. The summed E-state index contributed by atoms with van der Waals surface area (Å²) in [4.78, 5) is 1.91. The summed E-state index contributed by atoms with van der Waals surface area (Å²) >= 11 is 5.95. The number of anilines is 1. The molecule has 1 aromatic carbocycles. The Morgan fingerprint density at radius 3 is 2.89 bits per heavy atom. The van der Waals surface area contributed by atoms with E-state index < -0.39 is 11.6 Å². The number of rotatable bonds is 5. The predicted octanol–water partition coefficient (Wildman–Crippen LogP) is 3.44. The molecule has 2 nitrogen and oxygen atoms in total. The van der Waals surface area contributed by atoms with Gasteiger partial charge in [0.25, 0.3) is 0 Å². The summed E-state index contributed by atoms with van der Waals surface area (Å²) in [6.45, 7) is 5.59. The molecule has 1 aromatic rings. The van der Waals surface area contributed by atoms with Crippen molar-refractivity contribution >= 4 is 17.3 Å². The van der Waals surface area contributed by atoms with Gasteiger partial charge in [0.2, 0.25) is 0 Å². The van der Waals surface area contributed by atoms with Gasteiger partial charge < -0.3 is 10.2 Å². The van der Waals surface area contributed by atoms with E-state index >= 15 is 0 Å². The summed E-state index contributed by atoms with van der Waals surface area (Å²) in [6, 6.07) is 2.06. The maximum absolute atomic E-state index is 13.8. The van der Waals surface area contributed by atoms with Gasteiger partial charge in [0.1, 0.15) is 5.82 Å². The molecule has 0 spiro atoms. The molecular weight excluding hydrogens is 270 g/mol. The SMILES string of the molecule is CCCNCC1CCN(c2c(F)cc(F)cc2Cl)C1. The van der Waals surface area contributed by atoms with Crippen LogP contribution in [-0.4, -0.2) is 26.2 Å². The molecule has 0 amide bonds. The number of nitrogens with one attached hydrogen (secondary N) is 1. The van der Waals surface area contributed by atoms with Crippen molar-refractivity contribution < 1.29 is 8.78 Å². The quantitative estimate of drug-likeness (QED) is 0.835. The smallest absolute Gasteiger partial charge is 0.150 e. The van der Waals surface area contributed by atoms with E-state index in [0.717, 1.165) is 45.1 Å². The maximum atomic E-state index is 13.8. The second kappa shape index (κ2) is 6.53. The molecule has 1 unspecified atom stereocenters. The van der Waals surface area contributed by atoms with Gasteiger partial charge in [-0.05, 0) is 37.9 Å². The topological polar surface area (TPSA) is 15.3 Å². The summed E-state index contributed by atoms with van der Waals surface area (Å²) in [5.74, 6) is -0.717. The highest BCUT2D eigenvalue weighted by molar-refractivity contribution is 6.33. The Balaban J connectivity index is 2.01. The molecule has 106 valence electrons. The normalized spacial score (nSPS) is 19.2. The number of hydrogen-bond acceptors (Lipinski definition) is 2. The zero-order chi connectivity index (χ0) is 13.8. The van der Waals surface area contributed by atoms with E-state index in [1.807, 2.05) is 4.90 Å². The van der Waals surface area contributed by atoms with Crippen LogP contribution in [0.3, 0.4) is 0 Å². The van der Waals surface area contributed by atoms with Crippen LogP contribution in [0.4, 0.5) is 14.5 Å². The molecule has 1 fully saturated rings. The van der Waals surface area contributed by atoms with E-state index in [1.54, 1.807) is 0 Å². The number of halogens is 3. The van der Waals surface area contributed by atoms with Crippen LogP contribution in [0.15, 0.2) is 12.1 Å². The molecule has 1 aliphatic rings. The van der Waals surface area contributed by atoms with Gasteiger partial charge in [-0.25, -0.2) is 8.78 Å². The lowest BCUT2D eigenvalue weighted by Crippen LogP contribution is -2.27. The zero-order valence-electron chi connectivity index (χ0n) is 11.1. The molecule has 5 heteroatoms. The summed E-state index contributed by atoms with van der Waals surface area (Å²) in [5, 5.41) is 3.53. The van der Waals surface area contributed by atoms with E-state index in [4.69, 9.17) is 11.6 Å². The summed E-state index contributed by atoms with van der Waals surface area (Å²) in [5.41, 5.74) is 0.334. The third kappa shape index (κ3) is 3.57. The molecule has 0 aliphatic carbocycles. The predicted molar refractivity (Wildman–Crippen MR) is 74.8 cm³/mol. The fourth-order valence-electron chi connectivity index (χ4n) is 2.52. The van der Waals surface area contributed by atoms with Crippen LogP contribution in [0.2, 0.25) is 5.02 Å². The van der Waals surface area contributed by atoms with Gasteiger partial charge in [0, 0.05) is 19.2 Å². The van der Waals surface area contributed by atoms with Crippen LogP contribution in [0.5, 0.6) is 0 Å². The minimum Gasteiger partial charge on any atom is -0.368 e. The van der Waals surface area contributed by atoms with E-state index in [-0.39, 0.29) is 5.02 Å². The molecule has 1 aliphatic heterocycles. The average Bonchev–Trinajstić information content (AvgIpc) is 2.76. The Kier molecular flexibility index (Phi) is 4.99. The molecule has 0 saturated carbocycles. The van der Waals surface area contributed by atoms with Crippen molar-refractivity contribution in [2.45, 2.75) is 19.8 Å². The van der Waals surface area contributed by atoms with Crippen molar-refractivity contribution in [1.29, 1.82) is 0 Å². The fraction of sp³-hybridized carbons (Fsp3) is 0.571. The first-order valence-electron chi connectivity index (χ1n) is 6.72. The van der Waals surface area contributed by atoms with Crippen LogP contribution >= 0.6 is 11.6 Å². The van der Waals surface area contributed by atoms with E-state index in [0.29, 0.717) is 11.6 Å². The van der Waals surface area contributed by atoms with Crippen molar-refractivity contribution in [3.8, 4) is 0 Å². The highest BCUT2D eigenvalue weighted by atomic mass is 35.5. The first-order chi connectivity index (χ1) is 9.11. The van der Waals surface area contributed by atoms with Crippen LogP contribution in [0.1, 0.15) is 19.8 Å². The van der Waals surface area contributed by atoms with Gasteiger partial charge in [0.05, 0.1) is 10.7 Å². The van der Waals surface area contributed by atoms with Crippen molar-refractivity contribution in [2.24, 2.45) is 5.92 Å². The molecule has 1 N–H and O–H groups in total. The van der Waals surface area contributed by atoms with Crippen LogP contribution in [-0.2, 0) is 0 Å². The molecule has 19 heavy (non-hydrogen) atoms. The monoisotopic (exact) mass is 288 g/mol. The maximum Gasteiger partial charge on any atom is 0.150 e. The Morgan fingerprint density at radius 2 is 2.21 bits per heavy atom. The zero-order valence-corrected chi connectivity index (χ0v) is 11.8. The molecule has 1 heterocycles. The van der Waals surface area contributed by atoms with Crippen molar-refractivity contribution in [3.63, 3.8) is 0 Å². The Labute approximate surface area is 117 Å². The third-order valence-corrected chi connectivity index (χ3v) is 3.73. The Morgan fingerprint density at radius 1 is 1.42 bits per heavy atom. The average molecular weight is 289 g/mol. The van der Waals surface area contributed by atoms with Gasteiger partial charge in [-0.1, -0.05) is 18.5 Å². The van der Waals surface area contributed by atoms with Gasteiger partial charge in [0.15, 0.2) is 5.82 Å². The van der Waals surface area contributed by atoms with Gasteiger partial charge in [-0.2, -0.15) is 0 Å². The van der Waals surface area contributed by atoms with Crippen molar-refractivity contribution in [3.05, 3.63) is 28.8 Å². The van der Waals surface area contributed by atoms with E-state index in [9.17, 15) is 8.78 Å². The summed E-state index contributed by atoms with van der Waals surface area (Å²) < 4.78 is 26.8. The Bertz CT molecular complexity index is 416.